The molecule has 0 aliphatic carbocycles. The molecule has 98 valence electrons. The van der Waals surface area contributed by atoms with Crippen molar-refractivity contribution in [2.45, 2.75) is 13.3 Å². The molecule has 0 aliphatic heterocycles. The fourth-order valence-corrected chi connectivity index (χ4v) is 1.74. The maximum Gasteiger partial charge on any atom is 0.272 e. The van der Waals surface area contributed by atoms with Crippen molar-refractivity contribution in [2.75, 3.05) is 6.61 Å². The molecule has 2 aromatic rings. The smallest absolute Gasteiger partial charge is 0.272 e. The highest BCUT2D eigenvalue weighted by Gasteiger charge is 2.10. The van der Waals surface area contributed by atoms with Crippen LogP contribution in [0.2, 0.25) is 0 Å². The zero-order chi connectivity index (χ0) is 13.7. The first-order valence-corrected chi connectivity index (χ1v) is 5.94. The molecule has 0 spiro atoms. The van der Waals surface area contributed by atoms with Gasteiger partial charge in [0.05, 0.1) is 11.5 Å². The molecule has 1 heterocycles. The molecule has 0 saturated carbocycles. The van der Waals surface area contributed by atoms with Crippen LogP contribution in [0.15, 0.2) is 42.6 Å². The first-order chi connectivity index (χ1) is 9.16. The molecule has 5 heteroatoms. The van der Waals surface area contributed by atoms with Crippen molar-refractivity contribution in [2.24, 2.45) is 0 Å². The van der Waals surface area contributed by atoms with Crippen LogP contribution in [0.5, 0.6) is 5.75 Å². The first-order valence-electron chi connectivity index (χ1n) is 5.94. The van der Waals surface area contributed by atoms with Crippen LogP contribution in [0.1, 0.15) is 11.3 Å². The van der Waals surface area contributed by atoms with Crippen LogP contribution in [-0.2, 0) is 6.42 Å². The summed E-state index contributed by atoms with van der Waals surface area (Å²) in [5.74, 6) is 0.638. The van der Waals surface area contributed by atoms with E-state index in [1.807, 2.05) is 18.2 Å². The van der Waals surface area contributed by atoms with Gasteiger partial charge in [0.25, 0.3) is 5.69 Å². The summed E-state index contributed by atoms with van der Waals surface area (Å²) in [4.78, 5) is 14.5. The lowest BCUT2D eigenvalue weighted by atomic mass is 10.2. The monoisotopic (exact) mass is 258 g/mol. The Balaban J connectivity index is 1.93. The lowest BCUT2D eigenvalue weighted by Gasteiger charge is -2.06. The van der Waals surface area contributed by atoms with Gasteiger partial charge in [-0.05, 0) is 31.2 Å². The minimum Gasteiger partial charge on any atom is -0.493 e. The van der Waals surface area contributed by atoms with Gasteiger partial charge >= 0.3 is 0 Å². The molecule has 2 rings (SSSR count). The Bertz CT molecular complexity index is 570. The molecule has 0 atom stereocenters. The van der Waals surface area contributed by atoms with Gasteiger partial charge in [-0.2, -0.15) is 0 Å². The number of aromatic nitrogens is 1. The van der Waals surface area contributed by atoms with Gasteiger partial charge in [0, 0.05) is 29.9 Å². The number of ether oxygens (including phenoxy) is 1. The predicted molar refractivity (Wildman–Crippen MR) is 71.3 cm³/mol. The molecule has 0 saturated heterocycles. The number of hydrogen-bond acceptors (Lipinski definition) is 4. The molecule has 0 amide bonds. The van der Waals surface area contributed by atoms with Crippen molar-refractivity contribution in [3.63, 3.8) is 0 Å². The highest BCUT2D eigenvalue weighted by molar-refractivity contribution is 5.44. The quantitative estimate of drug-likeness (QED) is 0.611. The lowest BCUT2D eigenvalue weighted by molar-refractivity contribution is -0.385. The molecule has 0 aliphatic rings. The average Bonchev–Trinajstić information content (AvgIpc) is 2.39. The average molecular weight is 258 g/mol. The third-order valence-electron chi connectivity index (χ3n) is 2.72. The number of rotatable bonds is 5. The molecule has 0 unspecified atom stereocenters. The highest BCUT2D eigenvalue weighted by Crippen LogP contribution is 2.23. The van der Waals surface area contributed by atoms with E-state index in [0.29, 0.717) is 24.3 Å². The normalized spacial score (nSPS) is 10.2. The number of pyridine rings is 1. The van der Waals surface area contributed by atoms with E-state index >= 15 is 0 Å². The minimum atomic E-state index is -0.396. The van der Waals surface area contributed by atoms with E-state index in [2.05, 4.69) is 4.98 Å². The van der Waals surface area contributed by atoms with E-state index in [9.17, 15) is 10.1 Å². The second kappa shape index (κ2) is 5.95. The molecule has 1 aromatic heterocycles. The van der Waals surface area contributed by atoms with Gasteiger partial charge in [-0.3, -0.25) is 15.1 Å². The van der Waals surface area contributed by atoms with Gasteiger partial charge in [-0.15, -0.1) is 0 Å². The fourth-order valence-electron chi connectivity index (χ4n) is 1.74. The maximum atomic E-state index is 10.7. The van der Waals surface area contributed by atoms with E-state index in [1.54, 1.807) is 25.3 Å². The topological polar surface area (TPSA) is 65.3 Å². The molecule has 0 radical (unpaired) electrons. The number of aryl methyl sites for hydroxylation is 1. The van der Waals surface area contributed by atoms with Crippen molar-refractivity contribution in [1.29, 1.82) is 0 Å². The van der Waals surface area contributed by atoms with Gasteiger partial charge in [0.1, 0.15) is 5.75 Å². The van der Waals surface area contributed by atoms with Crippen LogP contribution in [0.3, 0.4) is 0 Å². The molecule has 1 aromatic carbocycles. The van der Waals surface area contributed by atoms with Crippen LogP contribution in [0.25, 0.3) is 0 Å². The minimum absolute atomic E-state index is 0.108. The van der Waals surface area contributed by atoms with Crippen molar-refractivity contribution in [3.05, 3.63) is 64.0 Å². The summed E-state index contributed by atoms with van der Waals surface area (Å²) in [5.41, 5.74) is 1.67. The van der Waals surface area contributed by atoms with Crippen LogP contribution >= 0.6 is 0 Å². The van der Waals surface area contributed by atoms with Gasteiger partial charge in [-0.1, -0.05) is 6.07 Å². The van der Waals surface area contributed by atoms with Crippen LogP contribution in [-0.4, -0.2) is 16.5 Å². The van der Waals surface area contributed by atoms with Crippen molar-refractivity contribution in [3.8, 4) is 5.75 Å². The lowest BCUT2D eigenvalue weighted by Crippen LogP contribution is -2.03. The van der Waals surface area contributed by atoms with E-state index < -0.39 is 4.92 Å². The van der Waals surface area contributed by atoms with E-state index in [0.717, 1.165) is 5.69 Å². The number of nitro benzene ring substituents is 1. The second-order valence-electron chi connectivity index (χ2n) is 4.12. The molecule has 19 heavy (non-hydrogen) atoms. The Hall–Kier alpha value is -2.43. The Morgan fingerprint density at radius 1 is 1.32 bits per heavy atom. The Morgan fingerprint density at radius 2 is 2.16 bits per heavy atom. The van der Waals surface area contributed by atoms with Crippen molar-refractivity contribution >= 4 is 5.69 Å². The summed E-state index contributed by atoms with van der Waals surface area (Å²) in [7, 11) is 0. The predicted octanol–water partition coefficient (Wildman–Crippen LogP) is 2.92. The second-order valence-corrected chi connectivity index (χ2v) is 4.12. The zero-order valence-electron chi connectivity index (χ0n) is 10.6. The number of nitrogens with zero attached hydrogens (tertiary/aromatic N) is 2. The molecule has 0 N–H and O–H groups in total. The molecule has 0 bridgehead atoms. The summed E-state index contributed by atoms with van der Waals surface area (Å²) in [6, 6.07) is 10.5. The standard InChI is InChI=1S/C14H14N2O3/c1-11-10-13(5-6-14(11)16(17)18)19-9-7-12-4-2-3-8-15-12/h2-6,8,10H,7,9H2,1H3. The maximum absolute atomic E-state index is 10.7. The Kier molecular flexibility index (Phi) is 4.07. The van der Waals surface area contributed by atoms with Crippen LogP contribution in [0, 0.1) is 17.0 Å². The summed E-state index contributed by atoms with van der Waals surface area (Å²) < 4.78 is 5.56. The Morgan fingerprint density at radius 3 is 2.79 bits per heavy atom. The van der Waals surface area contributed by atoms with Gasteiger partial charge < -0.3 is 4.74 Å². The Labute approximate surface area is 111 Å². The van der Waals surface area contributed by atoms with Crippen LogP contribution < -0.4 is 4.74 Å². The SMILES string of the molecule is Cc1cc(OCCc2ccccn2)ccc1[N+](=O)[O-]. The summed E-state index contributed by atoms with van der Waals surface area (Å²) in [6.07, 6.45) is 2.45. The summed E-state index contributed by atoms with van der Waals surface area (Å²) in [6.45, 7) is 2.19. The molecular weight excluding hydrogens is 244 g/mol. The van der Waals surface area contributed by atoms with Crippen molar-refractivity contribution in [1.82, 2.24) is 4.98 Å². The molecule has 5 nitrogen and oxygen atoms in total. The third-order valence-corrected chi connectivity index (χ3v) is 2.72. The van der Waals surface area contributed by atoms with E-state index in [-0.39, 0.29) is 5.69 Å². The molecular formula is C14H14N2O3. The van der Waals surface area contributed by atoms with Crippen LogP contribution in [0.4, 0.5) is 5.69 Å². The summed E-state index contributed by atoms with van der Waals surface area (Å²) >= 11 is 0. The fraction of sp³-hybridized carbons (Fsp3) is 0.214. The van der Waals surface area contributed by atoms with E-state index in [1.165, 1.54) is 6.07 Å². The first kappa shape index (κ1) is 13.0. The van der Waals surface area contributed by atoms with E-state index in [4.69, 9.17) is 4.74 Å². The summed E-state index contributed by atoms with van der Waals surface area (Å²) in [5, 5.41) is 10.7. The van der Waals surface area contributed by atoms with Gasteiger partial charge in [-0.25, -0.2) is 0 Å². The van der Waals surface area contributed by atoms with Gasteiger partial charge in [0.2, 0.25) is 0 Å². The highest BCUT2D eigenvalue weighted by atomic mass is 16.6. The largest absolute Gasteiger partial charge is 0.493 e. The molecule has 0 fully saturated rings. The van der Waals surface area contributed by atoms with Crippen molar-refractivity contribution < 1.29 is 9.66 Å². The van der Waals surface area contributed by atoms with Gasteiger partial charge in [0.15, 0.2) is 0 Å². The zero-order valence-corrected chi connectivity index (χ0v) is 10.6. The third kappa shape index (κ3) is 3.51. The number of hydrogen-bond donors (Lipinski definition) is 0. The number of nitro groups is 1. The number of benzene rings is 1.